The molecule has 2 N–H and O–H groups in total. The number of primary amides is 1. The smallest absolute Gasteiger partial charge is 0.271 e. The van der Waals surface area contributed by atoms with Crippen LogP contribution < -0.4 is 5.73 Å². The lowest BCUT2D eigenvalue weighted by atomic mass is 10.0. The van der Waals surface area contributed by atoms with E-state index < -0.39 is 11.9 Å². The van der Waals surface area contributed by atoms with Gasteiger partial charge < -0.3 is 15.2 Å². The summed E-state index contributed by atoms with van der Waals surface area (Å²) < 4.78 is 2.93. The Hall–Kier alpha value is -1.30. The highest BCUT2D eigenvalue weighted by atomic mass is 79.9. The number of hydrogen-bond donors (Lipinski definition) is 1. The molecule has 0 radical (unpaired) electrons. The molecule has 0 aromatic carbocycles. The molecule has 108 valence electrons. The zero-order valence-electron chi connectivity index (χ0n) is 11.2. The first-order valence-electron chi connectivity index (χ1n) is 7.05. The van der Waals surface area contributed by atoms with E-state index >= 15 is 0 Å². The second kappa shape index (κ2) is 5.24. The molecule has 2 heterocycles. The maximum absolute atomic E-state index is 12.8. The molecule has 1 aromatic heterocycles. The topological polar surface area (TPSA) is 68.3 Å². The van der Waals surface area contributed by atoms with Crippen LogP contribution in [0.2, 0.25) is 0 Å². The van der Waals surface area contributed by atoms with Gasteiger partial charge in [0.25, 0.3) is 5.91 Å². The summed E-state index contributed by atoms with van der Waals surface area (Å²) in [5.41, 5.74) is 6.10. The van der Waals surface area contributed by atoms with Crippen molar-refractivity contribution in [2.75, 3.05) is 6.54 Å². The summed E-state index contributed by atoms with van der Waals surface area (Å²) in [5.74, 6) is -0.479. The van der Waals surface area contributed by atoms with Crippen LogP contribution in [0.4, 0.5) is 0 Å². The van der Waals surface area contributed by atoms with E-state index in [1.165, 1.54) is 0 Å². The van der Waals surface area contributed by atoms with E-state index in [4.69, 9.17) is 5.73 Å². The number of rotatable bonds is 3. The number of amides is 2. The van der Waals surface area contributed by atoms with Crippen LogP contribution in [0.15, 0.2) is 16.7 Å². The van der Waals surface area contributed by atoms with Crippen molar-refractivity contribution in [1.82, 2.24) is 9.47 Å². The van der Waals surface area contributed by atoms with Crippen LogP contribution in [0.1, 0.15) is 48.6 Å². The summed E-state index contributed by atoms with van der Waals surface area (Å²) in [6.07, 6.45) is 6.73. The molecule has 1 aromatic rings. The molecule has 0 spiro atoms. The van der Waals surface area contributed by atoms with E-state index in [-0.39, 0.29) is 5.91 Å². The molecule has 3 rings (SSSR count). The van der Waals surface area contributed by atoms with Crippen LogP contribution in [0, 0.1) is 0 Å². The van der Waals surface area contributed by atoms with E-state index in [1.54, 1.807) is 4.90 Å². The molecule has 5 nitrogen and oxygen atoms in total. The summed E-state index contributed by atoms with van der Waals surface area (Å²) in [6, 6.07) is 1.81. The van der Waals surface area contributed by atoms with Gasteiger partial charge in [-0.05, 0) is 54.1 Å². The van der Waals surface area contributed by atoms with E-state index in [0.29, 0.717) is 24.7 Å². The van der Waals surface area contributed by atoms with Crippen LogP contribution in [-0.4, -0.2) is 33.9 Å². The number of likely N-dealkylation sites (tertiary alicyclic amines) is 1. The summed E-state index contributed by atoms with van der Waals surface area (Å²) in [4.78, 5) is 26.0. The predicted octanol–water partition coefficient (Wildman–Crippen LogP) is 2.07. The highest BCUT2D eigenvalue weighted by Crippen LogP contribution is 2.38. The van der Waals surface area contributed by atoms with Gasteiger partial charge in [0.05, 0.1) is 0 Å². The number of carbonyl (C=O) groups excluding carboxylic acids is 2. The third kappa shape index (κ3) is 2.49. The molecular weight excluding hydrogens is 322 g/mol. The van der Waals surface area contributed by atoms with Gasteiger partial charge in [-0.2, -0.15) is 0 Å². The summed E-state index contributed by atoms with van der Waals surface area (Å²) >= 11 is 3.43. The molecule has 20 heavy (non-hydrogen) atoms. The van der Waals surface area contributed by atoms with Gasteiger partial charge in [0.1, 0.15) is 11.7 Å². The number of hydrogen-bond acceptors (Lipinski definition) is 2. The van der Waals surface area contributed by atoms with Gasteiger partial charge >= 0.3 is 0 Å². The van der Waals surface area contributed by atoms with Crippen molar-refractivity contribution in [2.24, 2.45) is 5.73 Å². The molecule has 2 fully saturated rings. The first-order valence-corrected chi connectivity index (χ1v) is 7.85. The number of halogens is 1. The average molecular weight is 340 g/mol. The van der Waals surface area contributed by atoms with Crippen molar-refractivity contribution >= 4 is 27.7 Å². The lowest BCUT2D eigenvalue weighted by Gasteiger charge is -2.33. The highest BCUT2D eigenvalue weighted by molar-refractivity contribution is 9.10. The zero-order valence-corrected chi connectivity index (χ0v) is 12.8. The van der Waals surface area contributed by atoms with E-state index in [9.17, 15) is 9.59 Å². The van der Waals surface area contributed by atoms with Gasteiger partial charge in [-0.15, -0.1) is 0 Å². The predicted molar refractivity (Wildman–Crippen MR) is 78.3 cm³/mol. The van der Waals surface area contributed by atoms with E-state index in [1.807, 2.05) is 16.8 Å². The van der Waals surface area contributed by atoms with Gasteiger partial charge in [-0.3, -0.25) is 9.59 Å². The quantitative estimate of drug-likeness (QED) is 0.915. The highest BCUT2D eigenvalue weighted by Gasteiger charge is 2.34. The average Bonchev–Trinajstić information content (AvgIpc) is 3.21. The molecule has 6 heteroatoms. The summed E-state index contributed by atoms with van der Waals surface area (Å²) in [5, 5.41) is 0. The third-order valence-corrected chi connectivity index (χ3v) is 4.50. The van der Waals surface area contributed by atoms with Gasteiger partial charge in [-0.25, -0.2) is 0 Å². The van der Waals surface area contributed by atoms with Gasteiger partial charge in [-0.1, -0.05) is 0 Å². The van der Waals surface area contributed by atoms with Crippen LogP contribution >= 0.6 is 15.9 Å². The second-order valence-corrected chi connectivity index (χ2v) is 6.51. The molecule has 1 saturated heterocycles. The Labute approximate surface area is 126 Å². The molecule has 1 aliphatic carbocycles. The largest absolute Gasteiger partial charge is 0.368 e. The van der Waals surface area contributed by atoms with Crippen LogP contribution in [0.3, 0.4) is 0 Å². The minimum Gasteiger partial charge on any atom is -0.368 e. The fourth-order valence-electron chi connectivity index (χ4n) is 2.89. The molecule has 1 saturated carbocycles. The third-order valence-electron chi connectivity index (χ3n) is 4.07. The number of carbonyl (C=O) groups is 2. The van der Waals surface area contributed by atoms with E-state index in [2.05, 4.69) is 15.9 Å². The van der Waals surface area contributed by atoms with Crippen molar-refractivity contribution in [3.05, 3.63) is 22.4 Å². The van der Waals surface area contributed by atoms with Crippen molar-refractivity contribution in [3.63, 3.8) is 0 Å². The Morgan fingerprint density at radius 2 is 2.00 bits per heavy atom. The summed E-state index contributed by atoms with van der Waals surface area (Å²) in [7, 11) is 0. The lowest BCUT2D eigenvalue weighted by molar-refractivity contribution is -0.123. The Bertz CT molecular complexity index is 551. The monoisotopic (exact) mass is 339 g/mol. The first kappa shape index (κ1) is 13.7. The van der Waals surface area contributed by atoms with Crippen molar-refractivity contribution < 1.29 is 9.59 Å². The number of aromatic nitrogens is 1. The van der Waals surface area contributed by atoms with Crippen LogP contribution in [0.5, 0.6) is 0 Å². The minimum absolute atomic E-state index is 0.0777. The molecule has 0 bridgehead atoms. The SMILES string of the molecule is NC(=O)C1CCCCN1C(=O)c1cc(Br)cn1C1CC1. The number of piperidine rings is 1. The molecule has 1 unspecified atom stereocenters. The van der Waals surface area contributed by atoms with Crippen LogP contribution in [-0.2, 0) is 4.79 Å². The zero-order chi connectivity index (χ0) is 14.3. The molecular formula is C14H18BrN3O2. The van der Waals surface area contributed by atoms with Crippen molar-refractivity contribution in [3.8, 4) is 0 Å². The second-order valence-electron chi connectivity index (χ2n) is 5.59. The maximum Gasteiger partial charge on any atom is 0.271 e. The fourth-order valence-corrected chi connectivity index (χ4v) is 3.33. The maximum atomic E-state index is 12.8. The van der Waals surface area contributed by atoms with Crippen molar-refractivity contribution in [1.29, 1.82) is 0 Å². The lowest BCUT2D eigenvalue weighted by Crippen LogP contribution is -2.50. The van der Waals surface area contributed by atoms with Crippen molar-refractivity contribution in [2.45, 2.75) is 44.2 Å². The normalized spacial score (nSPS) is 22.9. The molecule has 1 atom stereocenters. The van der Waals surface area contributed by atoms with Gasteiger partial charge in [0, 0.05) is 23.3 Å². The Balaban J connectivity index is 1.89. The van der Waals surface area contributed by atoms with Crippen LogP contribution in [0.25, 0.3) is 0 Å². The number of nitrogens with zero attached hydrogens (tertiary/aromatic N) is 2. The van der Waals surface area contributed by atoms with Gasteiger partial charge in [0.2, 0.25) is 5.91 Å². The molecule has 1 aliphatic heterocycles. The standard InChI is InChI=1S/C14H18BrN3O2/c15-9-7-12(18(8-9)10-4-5-10)14(20)17-6-2-1-3-11(17)13(16)19/h7-8,10-11H,1-6H2,(H2,16,19). The fraction of sp³-hybridized carbons (Fsp3) is 0.571. The van der Waals surface area contributed by atoms with E-state index in [0.717, 1.165) is 30.2 Å². The summed E-state index contributed by atoms with van der Waals surface area (Å²) in [6.45, 7) is 0.611. The Kier molecular flexibility index (Phi) is 3.58. The number of nitrogens with two attached hydrogens (primary N) is 1. The first-order chi connectivity index (χ1) is 9.58. The molecule has 2 aliphatic rings. The minimum atomic E-state index is -0.461. The Morgan fingerprint density at radius 3 is 2.65 bits per heavy atom. The van der Waals surface area contributed by atoms with Gasteiger partial charge in [0.15, 0.2) is 0 Å². The molecule has 2 amide bonds. The Morgan fingerprint density at radius 1 is 1.25 bits per heavy atom.